The highest BCUT2D eigenvalue weighted by Gasteiger charge is 2.30. The molecule has 0 fully saturated rings. The number of anilines is 1. The van der Waals surface area contributed by atoms with Crippen molar-refractivity contribution in [2.75, 3.05) is 5.32 Å². The fraction of sp³-hybridized carbons (Fsp3) is 0.0588. The van der Waals surface area contributed by atoms with E-state index in [0.717, 1.165) is 22.3 Å². The Balaban J connectivity index is 1.71. The van der Waals surface area contributed by atoms with E-state index in [0.29, 0.717) is 10.7 Å². The zero-order valence-electron chi connectivity index (χ0n) is 12.2. The van der Waals surface area contributed by atoms with Crippen LogP contribution in [0.4, 0.5) is 18.3 Å². The SMILES string of the molecule is O=C(/C=C/c1cccc(C(F)(F)F)c1)Nc1nc2ccccc2s1. The van der Waals surface area contributed by atoms with Crippen LogP contribution in [0.1, 0.15) is 11.1 Å². The fourth-order valence-corrected chi connectivity index (χ4v) is 2.93. The molecular weight excluding hydrogens is 337 g/mol. The highest BCUT2D eigenvalue weighted by Crippen LogP contribution is 2.30. The Bertz CT molecular complexity index is 882. The number of amides is 1. The molecule has 0 spiro atoms. The third-order valence-electron chi connectivity index (χ3n) is 3.17. The van der Waals surface area contributed by atoms with Gasteiger partial charge in [0.2, 0.25) is 5.91 Å². The van der Waals surface area contributed by atoms with Crippen molar-refractivity contribution in [3.05, 3.63) is 65.7 Å². The summed E-state index contributed by atoms with van der Waals surface area (Å²) in [4.78, 5) is 16.1. The van der Waals surface area contributed by atoms with Gasteiger partial charge in [0.25, 0.3) is 0 Å². The molecule has 0 atom stereocenters. The van der Waals surface area contributed by atoms with Crippen molar-refractivity contribution in [3.8, 4) is 0 Å². The van der Waals surface area contributed by atoms with Gasteiger partial charge in [-0.25, -0.2) is 4.98 Å². The minimum atomic E-state index is -4.41. The Hall–Kier alpha value is -2.67. The quantitative estimate of drug-likeness (QED) is 0.679. The maximum Gasteiger partial charge on any atom is 0.416 e. The number of thiazole rings is 1. The highest BCUT2D eigenvalue weighted by molar-refractivity contribution is 7.22. The maximum absolute atomic E-state index is 12.6. The summed E-state index contributed by atoms with van der Waals surface area (Å²) >= 11 is 1.33. The van der Waals surface area contributed by atoms with E-state index in [4.69, 9.17) is 0 Å². The van der Waals surface area contributed by atoms with Crippen molar-refractivity contribution >= 4 is 38.7 Å². The fourth-order valence-electron chi connectivity index (χ4n) is 2.06. The molecule has 0 unspecified atom stereocenters. The average Bonchev–Trinajstić information content (AvgIpc) is 2.94. The molecule has 2 aromatic carbocycles. The largest absolute Gasteiger partial charge is 0.416 e. The summed E-state index contributed by atoms with van der Waals surface area (Å²) in [5.41, 5.74) is 0.320. The number of hydrogen-bond donors (Lipinski definition) is 1. The third-order valence-corrected chi connectivity index (χ3v) is 4.12. The van der Waals surface area contributed by atoms with Crippen LogP contribution in [-0.2, 0) is 11.0 Å². The number of halogens is 3. The van der Waals surface area contributed by atoms with E-state index in [1.165, 1.54) is 35.6 Å². The average molecular weight is 348 g/mol. The van der Waals surface area contributed by atoms with E-state index in [2.05, 4.69) is 10.3 Å². The summed E-state index contributed by atoms with van der Waals surface area (Å²) in [5.74, 6) is -0.452. The molecule has 7 heteroatoms. The molecule has 1 heterocycles. The standard InChI is InChI=1S/C17H11F3N2OS/c18-17(19,20)12-5-3-4-11(10-12)8-9-15(23)22-16-21-13-6-1-2-7-14(13)24-16/h1-10H,(H,21,22,23)/b9-8+. The van der Waals surface area contributed by atoms with E-state index in [9.17, 15) is 18.0 Å². The number of alkyl halides is 3. The van der Waals surface area contributed by atoms with Crippen molar-refractivity contribution in [1.82, 2.24) is 4.98 Å². The Morgan fingerprint density at radius 3 is 2.67 bits per heavy atom. The van der Waals surface area contributed by atoms with E-state index in [1.807, 2.05) is 24.3 Å². The first-order valence-corrected chi connectivity index (χ1v) is 7.75. The number of carbonyl (C=O) groups excluding carboxylic acids is 1. The van der Waals surface area contributed by atoms with Crippen molar-refractivity contribution in [2.45, 2.75) is 6.18 Å². The summed E-state index contributed by atoms with van der Waals surface area (Å²) in [6.07, 6.45) is -1.90. The lowest BCUT2D eigenvalue weighted by Gasteiger charge is -2.06. The lowest BCUT2D eigenvalue weighted by Crippen LogP contribution is -2.07. The van der Waals surface area contributed by atoms with E-state index >= 15 is 0 Å². The molecule has 24 heavy (non-hydrogen) atoms. The van der Waals surface area contributed by atoms with Crippen molar-refractivity contribution in [1.29, 1.82) is 0 Å². The van der Waals surface area contributed by atoms with E-state index < -0.39 is 17.6 Å². The topological polar surface area (TPSA) is 42.0 Å². The molecule has 3 aromatic rings. The van der Waals surface area contributed by atoms with Crippen LogP contribution >= 0.6 is 11.3 Å². The molecule has 0 bridgehead atoms. The lowest BCUT2D eigenvalue weighted by atomic mass is 10.1. The number of carbonyl (C=O) groups is 1. The molecule has 0 aliphatic carbocycles. The van der Waals surface area contributed by atoms with Gasteiger partial charge in [0.1, 0.15) is 0 Å². The molecule has 122 valence electrons. The number of nitrogens with zero attached hydrogens (tertiary/aromatic N) is 1. The predicted molar refractivity (Wildman–Crippen MR) is 88.7 cm³/mol. The number of rotatable bonds is 3. The number of para-hydroxylation sites is 1. The van der Waals surface area contributed by atoms with Gasteiger partial charge in [0.15, 0.2) is 5.13 Å². The monoisotopic (exact) mass is 348 g/mol. The van der Waals surface area contributed by atoms with Gasteiger partial charge < -0.3 is 0 Å². The Morgan fingerprint density at radius 1 is 1.12 bits per heavy atom. The van der Waals surface area contributed by atoms with Crippen LogP contribution in [0.25, 0.3) is 16.3 Å². The minimum Gasteiger partial charge on any atom is -0.298 e. The molecule has 0 aliphatic heterocycles. The zero-order chi connectivity index (χ0) is 17.2. The van der Waals surface area contributed by atoms with Crippen molar-refractivity contribution < 1.29 is 18.0 Å². The molecule has 3 rings (SSSR count). The van der Waals surface area contributed by atoms with Gasteiger partial charge >= 0.3 is 6.18 Å². The smallest absolute Gasteiger partial charge is 0.298 e. The van der Waals surface area contributed by atoms with Crippen molar-refractivity contribution in [2.24, 2.45) is 0 Å². The van der Waals surface area contributed by atoms with Crippen LogP contribution in [0, 0.1) is 0 Å². The number of benzene rings is 2. The molecule has 0 radical (unpaired) electrons. The maximum atomic E-state index is 12.6. The molecule has 1 aromatic heterocycles. The first-order chi connectivity index (χ1) is 11.4. The van der Waals surface area contributed by atoms with Crippen LogP contribution in [-0.4, -0.2) is 10.9 Å². The molecule has 0 saturated carbocycles. The number of hydrogen-bond acceptors (Lipinski definition) is 3. The number of nitrogens with one attached hydrogen (secondary N) is 1. The number of fused-ring (bicyclic) bond motifs is 1. The summed E-state index contributed by atoms with van der Waals surface area (Å²) in [6, 6.07) is 12.2. The van der Waals surface area contributed by atoms with Gasteiger partial charge in [-0.1, -0.05) is 35.6 Å². The van der Waals surface area contributed by atoms with Crippen LogP contribution in [0.15, 0.2) is 54.6 Å². The summed E-state index contributed by atoms with van der Waals surface area (Å²) in [7, 11) is 0. The van der Waals surface area contributed by atoms with Gasteiger partial charge in [-0.3, -0.25) is 10.1 Å². The Labute approximate surface area is 139 Å². The molecule has 1 N–H and O–H groups in total. The van der Waals surface area contributed by atoms with Crippen LogP contribution in [0.5, 0.6) is 0 Å². The van der Waals surface area contributed by atoms with E-state index in [-0.39, 0.29) is 0 Å². The van der Waals surface area contributed by atoms with E-state index in [1.54, 1.807) is 0 Å². The highest BCUT2D eigenvalue weighted by atomic mass is 32.1. The lowest BCUT2D eigenvalue weighted by molar-refractivity contribution is -0.137. The van der Waals surface area contributed by atoms with Crippen LogP contribution < -0.4 is 5.32 Å². The second-order valence-electron chi connectivity index (χ2n) is 4.93. The van der Waals surface area contributed by atoms with Gasteiger partial charge in [-0.15, -0.1) is 0 Å². The summed E-state index contributed by atoms with van der Waals surface area (Å²) in [5, 5.41) is 3.05. The van der Waals surface area contributed by atoms with Gasteiger partial charge in [-0.2, -0.15) is 13.2 Å². The summed E-state index contributed by atoms with van der Waals surface area (Å²) < 4.78 is 38.9. The van der Waals surface area contributed by atoms with Gasteiger partial charge in [0, 0.05) is 6.08 Å². The van der Waals surface area contributed by atoms with Crippen LogP contribution in [0.2, 0.25) is 0 Å². The molecule has 0 aliphatic rings. The third kappa shape index (κ3) is 3.80. The second kappa shape index (κ2) is 6.45. The van der Waals surface area contributed by atoms with Gasteiger partial charge in [0.05, 0.1) is 15.8 Å². The predicted octanol–water partition coefficient (Wildman–Crippen LogP) is 4.97. The zero-order valence-corrected chi connectivity index (χ0v) is 13.0. The molecule has 3 nitrogen and oxygen atoms in total. The van der Waals surface area contributed by atoms with Gasteiger partial charge in [-0.05, 0) is 35.9 Å². The molecule has 0 saturated heterocycles. The van der Waals surface area contributed by atoms with Crippen LogP contribution in [0.3, 0.4) is 0 Å². The summed E-state index contributed by atoms with van der Waals surface area (Å²) in [6.45, 7) is 0. The van der Waals surface area contributed by atoms with Crippen molar-refractivity contribution in [3.63, 3.8) is 0 Å². The Kier molecular flexibility index (Phi) is 4.35. The normalized spacial score (nSPS) is 12.0. The molecule has 1 amide bonds. The number of aromatic nitrogens is 1. The first kappa shape index (κ1) is 16.2. The molecular formula is C17H11F3N2OS. The minimum absolute atomic E-state index is 0.296. The first-order valence-electron chi connectivity index (χ1n) is 6.94. The Morgan fingerprint density at radius 2 is 1.92 bits per heavy atom. The second-order valence-corrected chi connectivity index (χ2v) is 5.96.